The van der Waals surface area contributed by atoms with Crippen LogP contribution in [0.4, 0.5) is 0 Å². The van der Waals surface area contributed by atoms with Gasteiger partial charge in [-0.2, -0.15) is 0 Å². The fourth-order valence-electron chi connectivity index (χ4n) is 3.17. The summed E-state index contributed by atoms with van der Waals surface area (Å²) >= 11 is 0. The Hall–Kier alpha value is -2.21. The van der Waals surface area contributed by atoms with E-state index in [-0.39, 0.29) is 11.8 Å². The van der Waals surface area contributed by atoms with Crippen molar-refractivity contribution in [2.24, 2.45) is 0 Å². The second-order valence-electron chi connectivity index (χ2n) is 7.08. The van der Waals surface area contributed by atoms with Crippen molar-refractivity contribution >= 4 is 5.91 Å². The van der Waals surface area contributed by atoms with Gasteiger partial charge in [0.05, 0.1) is 6.61 Å². The zero-order chi connectivity index (χ0) is 18.0. The van der Waals surface area contributed by atoms with E-state index in [1.807, 2.05) is 11.5 Å². The topological polar surface area (TPSA) is 69.0 Å². The summed E-state index contributed by atoms with van der Waals surface area (Å²) in [5.74, 6) is 1.64. The van der Waals surface area contributed by atoms with Crippen LogP contribution in [0.25, 0.3) is 0 Å². The van der Waals surface area contributed by atoms with E-state index in [4.69, 9.17) is 4.74 Å². The van der Waals surface area contributed by atoms with Gasteiger partial charge in [-0.1, -0.05) is 45.0 Å². The van der Waals surface area contributed by atoms with Gasteiger partial charge in [-0.25, -0.2) is 0 Å². The standard InChI is InChI=1S/C19H26N4O2/c1-5-14-6-8-15(9-7-14)10-20-18(24)19(4)12-25-11-16-21-22-17(13(2)3)23(16)19/h6-9,13H,5,10-12H2,1-4H3,(H,20,24)/t19-/m0/s1. The van der Waals surface area contributed by atoms with Crippen LogP contribution in [0.5, 0.6) is 0 Å². The molecule has 0 fully saturated rings. The molecule has 134 valence electrons. The second-order valence-corrected chi connectivity index (χ2v) is 7.08. The number of nitrogens with zero attached hydrogens (tertiary/aromatic N) is 3. The predicted molar refractivity (Wildman–Crippen MR) is 95.1 cm³/mol. The molecule has 1 aliphatic heterocycles. The Kier molecular flexibility index (Phi) is 4.90. The smallest absolute Gasteiger partial charge is 0.248 e. The molecule has 2 heterocycles. The molecule has 0 saturated carbocycles. The van der Waals surface area contributed by atoms with Gasteiger partial charge in [0.25, 0.3) is 0 Å². The molecule has 6 heteroatoms. The number of benzene rings is 1. The van der Waals surface area contributed by atoms with Crippen LogP contribution < -0.4 is 5.32 Å². The van der Waals surface area contributed by atoms with E-state index >= 15 is 0 Å². The van der Waals surface area contributed by atoms with Gasteiger partial charge in [0.2, 0.25) is 5.91 Å². The molecule has 1 atom stereocenters. The van der Waals surface area contributed by atoms with Crippen molar-refractivity contribution in [2.45, 2.75) is 58.7 Å². The molecule has 1 aromatic carbocycles. The molecule has 1 aromatic heterocycles. The van der Waals surface area contributed by atoms with Crippen LogP contribution in [-0.2, 0) is 34.6 Å². The number of aryl methyl sites for hydroxylation is 1. The highest BCUT2D eigenvalue weighted by Gasteiger charge is 2.42. The summed E-state index contributed by atoms with van der Waals surface area (Å²) in [7, 11) is 0. The molecule has 0 bridgehead atoms. The van der Waals surface area contributed by atoms with Crippen LogP contribution in [0.3, 0.4) is 0 Å². The maximum Gasteiger partial charge on any atom is 0.248 e. The van der Waals surface area contributed by atoms with E-state index < -0.39 is 5.54 Å². The van der Waals surface area contributed by atoms with Gasteiger partial charge < -0.3 is 10.1 Å². The fraction of sp³-hybridized carbons (Fsp3) is 0.526. The lowest BCUT2D eigenvalue weighted by atomic mass is 9.98. The number of hydrogen-bond donors (Lipinski definition) is 1. The molecule has 0 spiro atoms. The summed E-state index contributed by atoms with van der Waals surface area (Å²) in [5, 5.41) is 11.5. The summed E-state index contributed by atoms with van der Waals surface area (Å²) < 4.78 is 7.58. The lowest BCUT2D eigenvalue weighted by molar-refractivity contribution is -0.135. The number of rotatable bonds is 5. The molecule has 0 aliphatic carbocycles. The van der Waals surface area contributed by atoms with Crippen LogP contribution in [0.15, 0.2) is 24.3 Å². The van der Waals surface area contributed by atoms with Crippen molar-refractivity contribution in [1.82, 2.24) is 20.1 Å². The van der Waals surface area contributed by atoms with Crippen molar-refractivity contribution in [3.8, 4) is 0 Å². The predicted octanol–water partition coefficient (Wildman–Crippen LogP) is 2.53. The molecule has 0 saturated heterocycles. The zero-order valence-corrected chi connectivity index (χ0v) is 15.4. The first-order chi connectivity index (χ1) is 12.0. The highest BCUT2D eigenvalue weighted by Crippen LogP contribution is 2.29. The number of fused-ring (bicyclic) bond motifs is 1. The molecule has 0 unspecified atom stereocenters. The quantitative estimate of drug-likeness (QED) is 0.906. The summed E-state index contributed by atoms with van der Waals surface area (Å²) in [6.45, 7) is 9.33. The maximum absolute atomic E-state index is 13.0. The molecule has 0 radical (unpaired) electrons. The third-order valence-corrected chi connectivity index (χ3v) is 4.75. The lowest BCUT2D eigenvalue weighted by Crippen LogP contribution is -2.53. The van der Waals surface area contributed by atoms with Gasteiger partial charge in [0.1, 0.15) is 18.0 Å². The molecule has 6 nitrogen and oxygen atoms in total. The number of ether oxygens (including phenoxy) is 1. The van der Waals surface area contributed by atoms with Gasteiger partial charge in [0, 0.05) is 12.5 Å². The lowest BCUT2D eigenvalue weighted by Gasteiger charge is -2.35. The number of amides is 1. The van der Waals surface area contributed by atoms with E-state index in [0.29, 0.717) is 25.6 Å². The molecule has 3 rings (SSSR count). The minimum absolute atomic E-state index is 0.0743. The van der Waals surface area contributed by atoms with Crippen LogP contribution in [0.2, 0.25) is 0 Å². The van der Waals surface area contributed by atoms with Gasteiger partial charge in [-0.05, 0) is 24.5 Å². The van der Waals surface area contributed by atoms with Gasteiger partial charge >= 0.3 is 0 Å². The van der Waals surface area contributed by atoms with Crippen LogP contribution >= 0.6 is 0 Å². The Balaban J connectivity index is 1.79. The highest BCUT2D eigenvalue weighted by molar-refractivity contribution is 5.84. The third-order valence-electron chi connectivity index (χ3n) is 4.75. The first-order valence-electron chi connectivity index (χ1n) is 8.84. The Morgan fingerprint density at radius 1 is 1.28 bits per heavy atom. The molecule has 1 amide bonds. The Morgan fingerprint density at radius 2 is 1.96 bits per heavy atom. The summed E-state index contributed by atoms with van der Waals surface area (Å²) in [6.07, 6.45) is 1.01. The van der Waals surface area contributed by atoms with E-state index in [1.165, 1.54) is 5.56 Å². The Labute approximate surface area is 148 Å². The normalized spacial score (nSPS) is 19.7. The minimum Gasteiger partial charge on any atom is -0.370 e. The monoisotopic (exact) mass is 342 g/mol. The van der Waals surface area contributed by atoms with Crippen molar-refractivity contribution in [1.29, 1.82) is 0 Å². The highest BCUT2D eigenvalue weighted by atomic mass is 16.5. The van der Waals surface area contributed by atoms with E-state index in [2.05, 4.69) is 60.6 Å². The first-order valence-corrected chi connectivity index (χ1v) is 8.84. The van der Waals surface area contributed by atoms with E-state index in [1.54, 1.807) is 0 Å². The Bertz CT molecular complexity index is 751. The Morgan fingerprint density at radius 3 is 2.60 bits per heavy atom. The SMILES string of the molecule is CCc1ccc(CNC(=O)[C@]2(C)COCc3nnc(C(C)C)n32)cc1. The summed E-state index contributed by atoms with van der Waals surface area (Å²) in [6, 6.07) is 8.31. The first kappa shape index (κ1) is 17.6. The van der Waals surface area contributed by atoms with Gasteiger partial charge in [-0.15, -0.1) is 10.2 Å². The van der Waals surface area contributed by atoms with Crippen LogP contribution in [0.1, 0.15) is 56.4 Å². The van der Waals surface area contributed by atoms with Gasteiger partial charge in [0.15, 0.2) is 5.82 Å². The molecular formula is C19H26N4O2. The zero-order valence-electron chi connectivity index (χ0n) is 15.4. The number of carbonyl (C=O) groups excluding carboxylic acids is 1. The van der Waals surface area contributed by atoms with Gasteiger partial charge in [-0.3, -0.25) is 9.36 Å². The number of nitrogens with one attached hydrogen (secondary N) is 1. The van der Waals surface area contributed by atoms with Crippen molar-refractivity contribution in [3.05, 3.63) is 47.0 Å². The van der Waals surface area contributed by atoms with Crippen LogP contribution in [0, 0.1) is 0 Å². The second kappa shape index (κ2) is 6.96. The van der Waals surface area contributed by atoms with Crippen LogP contribution in [-0.4, -0.2) is 27.3 Å². The van der Waals surface area contributed by atoms with E-state index in [9.17, 15) is 4.79 Å². The number of carbonyl (C=O) groups is 1. The molecule has 2 aromatic rings. The average molecular weight is 342 g/mol. The summed E-state index contributed by atoms with van der Waals surface area (Å²) in [5.41, 5.74) is 1.54. The molecule has 1 N–H and O–H groups in total. The van der Waals surface area contributed by atoms with Crippen molar-refractivity contribution in [2.75, 3.05) is 6.61 Å². The number of aromatic nitrogens is 3. The third kappa shape index (κ3) is 3.31. The van der Waals surface area contributed by atoms with Crippen molar-refractivity contribution < 1.29 is 9.53 Å². The average Bonchev–Trinajstić information content (AvgIpc) is 3.06. The largest absolute Gasteiger partial charge is 0.370 e. The maximum atomic E-state index is 13.0. The molecular weight excluding hydrogens is 316 g/mol. The molecule has 1 aliphatic rings. The molecule has 25 heavy (non-hydrogen) atoms. The minimum atomic E-state index is -0.833. The summed E-state index contributed by atoms with van der Waals surface area (Å²) in [4.78, 5) is 13.0. The number of hydrogen-bond acceptors (Lipinski definition) is 4. The fourth-order valence-corrected chi connectivity index (χ4v) is 3.17. The van der Waals surface area contributed by atoms with Crippen molar-refractivity contribution in [3.63, 3.8) is 0 Å². The van der Waals surface area contributed by atoms with E-state index in [0.717, 1.165) is 17.8 Å².